The number of sulfonamides is 1. The van der Waals surface area contributed by atoms with E-state index in [4.69, 9.17) is 5.73 Å². The molecule has 2 rings (SSSR count). The quantitative estimate of drug-likeness (QED) is 0.869. The molecular formula is C12H17N3O2S. The average molecular weight is 267 g/mol. The molecule has 1 aromatic heterocycles. The fourth-order valence-electron chi connectivity index (χ4n) is 1.92. The molecule has 0 saturated heterocycles. The molecule has 98 valence electrons. The van der Waals surface area contributed by atoms with Crippen molar-refractivity contribution in [1.29, 1.82) is 0 Å². The standard InChI is InChI=1S/C12H17N3O2S/c1-15(18(2,16)17)10-3-4-12-11(7-10)9(5-6-13)8-14-12/h3-4,7-8,14H,5-6,13H2,1-2H3. The number of nitrogens with two attached hydrogens (primary N) is 1. The van der Waals surface area contributed by atoms with Gasteiger partial charge < -0.3 is 10.7 Å². The van der Waals surface area contributed by atoms with E-state index in [0.29, 0.717) is 12.2 Å². The Morgan fingerprint density at radius 2 is 2.11 bits per heavy atom. The number of anilines is 1. The lowest BCUT2D eigenvalue weighted by Crippen LogP contribution is -2.24. The smallest absolute Gasteiger partial charge is 0.231 e. The number of fused-ring (bicyclic) bond motifs is 1. The third-order valence-corrected chi connectivity index (χ3v) is 4.23. The van der Waals surface area contributed by atoms with E-state index in [2.05, 4.69) is 4.98 Å². The van der Waals surface area contributed by atoms with Gasteiger partial charge in [0.2, 0.25) is 10.0 Å². The Hall–Kier alpha value is -1.53. The molecule has 2 aromatic rings. The molecule has 0 fully saturated rings. The van der Waals surface area contributed by atoms with Crippen LogP contribution in [0.4, 0.5) is 5.69 Å². The van der Waals surface area contributed by atoms with Crippen molar-refractivity contribution in [1.82, 2.24) is 4.98 Å². The Balaban J connectivity index is 2.51. The second kappa shape index (κ2) is 4.62. The molecule has 3 N–H and O–H groups in total. The summed E-state index contributed by atoms with van der Waals surface area (Å²) >= 11 is 0. The van der Waals surface area contributed by atoms with Gasteiger partial charge >= 0.3 is 0 Å². The second-order valence-corrected chi connectivity index (χ2v) is 6.33. The summed E-state index contributed by atoms with van der Waals surface area (Å²) < 4.78 is 24.3. The topological polar surface area (TPSA) is 79.2 Å². The van der Waals surface area contributed by atoms with Gasteiger partial charge in [-0.3, -0.25) is 4.31 Å². The molecule has 5 nitrogen and oxygen atoms in total. The number of nitrogens with zero attached hydrogens (tertiary/aromatic N) is 1. The lowest BCUT2D eigenvalue weighted by Gasteiger charge is -2.16. The summed E-state index contributed by atoms with van der Waals surface area (Å²) in [6.07, 6.45) is 3.88. The predicted octanol–water partition coefficient (Wildman–Crippen LogP) is 1.06. The maximum Gasteiger partial charge on any atom is 0.231 e. The number of H-pyrrole nitrogens is 1. The van der Waals surface area contributed by atoms with Gasteiger partial charge in [-0.1, -0.05) is 0 Å². The van der Waals surface area contributed by atoms with Crippen molar-refractivity contribution in [2.24, 2.45) is 5.73 Å². The molecule has 0 saturated carbocycles. The van der Waals surface area contributed by atoms with Gasteiger partial charge in [0.25, 0.3) is 0 Å². The highest BCUT2D eigenvalue weighted by Crippen LogP contribution is 2.25. The summed E-state index contributed by atoms with van der Waals surface area (Å²) in [5.74, 6) is 0. The fourth-order valence-corrected chi connectivity index (χ4v) is 2.41. The highest BCUT2D eigenvalue weighted by molar-refractivity contribution is 7.92. The van der Waals surface area contributed by atoms with Crippen molar-refractivity contribution in [3.05, 3.63) is 30.0 Å². The summed E-state index contributed by atoms with van der Waals surface area (Å²) in [5, 5.41) is 1.02. The van der Waals surface area contributed by atoms with E-state index in [9.17, 15) is 8.42 Å². The van der Waals surface area contributed by atoms with E-state index in [-0.39, 0.29) is 0 Å². The van der Waals surface area contributed by atoms with E-state index in [1.807, 2.05) is 18.3 Å². The van der Waals surface area contributed by atoms with Gasteiger partial charge in [0.05, 0.1) is 11.9 Å². The van der Waals surface area contributed by atoms with E-state index in [1.54, 1.807) is 13.1 Å². The van der Waals surface area contributed by atoms with Crippen LogP contribution in [0.1, 0.15) is 5.56 Å². The Morgan fingerprint density at radius 1 is 1.39 bits per heavy atom. The summed E-state index contributed by atoms with van der Waals surface area (Å²) in [6.45, 7) is 0.569. The number of aromatic nitrogens is 1. The zero-order valence-corrected chi connectivity index (χ0v) is 11.3. The van der Waals surface area contributed by atoms with Crippen LogP contribution in [0.2, 0.25) is 0 Å². The van der Waals surface area contributed by atoms with Gasteiger partial charge in [-0.2, -0.15) is 0 Å². The van der Waals surface area contributed by atoms with E-state index >= 15 is 0 Å². The van der Waals surface area contributed by atoms with Gasteiger partial charge in [-0.15, -0.1) is 0 Å². The molecule has 1 aromatic carbocycles. The first-order valence-electron chi connectivity index (χ1n) is 5.67. The molecule has 0 atom stereocenters. The van der Waals surface area contributed by atoms with Crippen LogP contribution in [-0.4, -0.2) is 33.2 Å². The minimum absolute atomic E-state index is 0.569. The maximum absolute atomic E-state index is 11.5. The lowest BCUT2D eigenvalue weighted by atomic mass is 10.1. The summed E-state index contributed by atoms with van der Waals surface area (Å²) in [5.41, 5.74) is 8.31. The van der Waals surface area contributed by atoms with Crippen molar-refractivity contribution in [2.75, 3.05) is 24.2 Å². The molecule has 0 amide bonds. The normalized spacial score (nSPS) is 11.9. The zero-order chi connectivity index (χ0) is 13.3. The number of aromatic amines is 1. The first kappa shape index (κ1) is 12.9. The third-order valence-electron chi connectivity index (χ3n) is 3.03. The zero-order valence-electron chi connectivity index (χ0n) is 10.5. The number of benzene rings is 1. The Morgan fingerprint density at radius 3 is 2.72 bits per heavy atom. The van der Waals surface area contributed by atoms with Crippen molar-refractivity contribution >= 4 is 26.6 Å². The molecule has 0 spiro atoms. The van der Waals surface area contributed by atoms with Crippen molar-refractivity contribution in [2.45, 2.75) is 6.42 Å². The van der Waals surface area contributed by atoms with Gasteiger partial charge in [0, 0.05) is 24.1 Å². The Kier molecular flexibility index (Phi) is 3.32. The molecule has 0 radical (unpaired) electrons. The van der Waals surface area contributed by atoms with E-state index < -0.39 is 10.0 Å². The Labute approximate surface area is 107 Å². The van der Waals surface area contributed by atoms with E-state index in [0.717, 1.165) is 22.9 Å². The van der Waals surface area contributed by atoms with Gasteiger partial charge in [-0.25, -0.2) is 8.42 Å². The maximum atomic E-state index is 11.5. The SMILES string of the molecule is CN(c1ccc2[nH]cc(CCN)c2c1)S(C)(=O)=O. The van der Waals surface area contributed by atoms with Crippen molar-refractivity contribution in [3.8, 4) is 0 Å². The van der Waals surface area contributed by atoms with Crippen LogP contribution in [0.25, 0.3) is 10.9 Å². The van der Waals surface area contributed by atoms with Crippen LogP contribution in [0.15, 0.2) is 24.4 Å². The Bertz CT molecular complexity index is 661. The van der Waals surface area contributed by atoms with Crippen LogP contribution in [0, 0.1) is 0 Å². The van der Waals surface area contributed by atoms with Gasteiger partial charge in [0.1, 0.15) is 0 Å². The summed E-state index contributed by atoms with van der Waals surface area (Å²) in [7, 11) is -1.69. The van der Waals surface area contributed by atoms with Crippen LogP contribution >= 0.6 is 0 Å². The van der Waals surface area contributed by atoms with Gasteiger partial charge in [0.15, 0.2) is 0 Å². The third kappa shape index (κ3) is 2.34. The molecular weight excluding hydrogens is 250 g/mol. The first-order valence-corrected chi connectivity index (χ1v) is 7.52. The monoisotopic (exact) mass is 267 g/mol. The largest absolute Gasteiger partial charge is 0.361 e. The molecule has 0 aliphatic heterocycles. The lowest BCUT2D eigenvalue weighted by molar-refractivity contribution is 0.600. The average Bonchev–Trinajstić information content (AvgIpc) is 2.70. The highest BCUT2D eigenvalue weighted by atomic mass is 32.2. The molecule has 0 aliphatic rings. The molecule has 1 heterocycles. The van der Waals surface area contributed by atoms with Crippen molar-refractivity contribution in [3.63, 3.8) is 0 Å². The van der Waals surface area contributed by atoms with E-state index in [1.165, 1.54) is 10.6 Å². The second-order valence-electron chi connectivity index (χ2n) is 4.31. The minimum Gasteiger partial charge on any atom is -0.361 e. The van der Waals surface area contributed by atoms with Crippen LogP contribution in [0.5, 0.6) is 0 Å². The first-order chi connectivity index (χ1) is 8.43. The number of hydrogen-bond acceptors (Lipinski definition) is 3. The summed E-state index contributed by atoms with van der Waals surface area (Å²) in [4.78, 5) is 3.15. The molecule has 0 aliphatic carbocycles. The highest BCUT2D eigenvalue weighted by Gasteiger charge is 2.13. The number of hydrogen-bond donors (Lipinski definition) is 2. The van der Waals surface area contributed by atoms with Crippen LogP contribution < -0.4 is 10.0 Å². The van der Waals surface area contributed by atoms with Crippen LogP contribution in [0.3, 0.4) is 0 Å². The predicted molar refractivity (Wildman–Crippen MR) is 74.3 cm³/mol. The van der Waals surface area contributed by atoms with Gasteiger partial charge in [-0.05, 0) is 36.7 Å². The fraction of sp³-hybridized carbons (Fsp3) is 0.333. The minimum atomic E-state index is -3.23. The summed E-state index contributed by atoms with van der Waals surface area (Å²) in [6, 6.07) is 5.54. The number of nitrogens with one attached hydrogen (secondary N) is 1. The molecule has 0 unspecified atom stereocenters. The molecule has 18 heavy (non-hydrogen) atoms. The molecule has 6 heteroatoms. The molecule has 0 bridgehead atoms. The van der Waals surface area contributed by atoms with Crippen LogP contribution in [-0.2, 0) is 16.4 Å². The number of rotatable bonds is 4. The van der Waals surface area contributed by atoms with Crippen molar-refractivity contribution < 1.29 is 8.42 Å².